The minimum Gasteiger partial charge on any atom is -0.312 e. The Bertz CT molecular complexity index is 1060. The van der Waals surface area contributed by atoms with Crippen molar-refractivity contribution in [3.63, 3.8) is 0 Å². The lowest BCUT2D eigenvalue weighted by atomic mass is 9.93. The standard InChI is InChI=1S/C24H39N5O4S2/c1-22(2,3)19(30)26-21-27-29(20(31)23(4,5)6)24(34-21,17-13-10-9-11-14-17)18(25)35(32,33)16-12-15-28(7)8/h9-11,13-14,18H,12,15-16,25H2,1-8H3,(H,26,27,30). The third-order valence-corrected chi connectivity index (χ3v) is 8.96. The van der Waals surface area contributed by atoms with Gasteiger partial charge in [0.15, 0.2) is 19.9 Å². The van der Waals surface area contributed by atoms with Crippen LogP contribution in [-0.2, 0) is 24.3 Å². The number of nitrogens with zero attached hydrogens (tertiary/aromatic N) is 3. The second-order valence-electron chi connectivity index (χ2n) is 11.1. The molecule has 9 nitrogen and oxygen atoms in total. The van der Waals surface area contributed by atoms with Crippen molar-refractivity contribution in [1.82, 2.24) is 15.2 Å². The number of carbonyl (C=O) groups excluding carboxylic acids is 2. The van der Waals surface area contributed by atoms with Gasteiger partial charge in [-0.2, -0.15) is 0 Å². The van der Waals surface area contributed by atoms with E-state index in [0.29, 0.717) is 18.5 Å². The Labute approximate surface area is 213 Å². The first-order valence-electron chi connectivity index (χ1n) is 11.5. The summed E-state index contributed by atoms with van der Waals surface area (Å²) in [5, 5.41) is 7.03. The van der Waals surface area contributed by atoms with Crippen molar-refractivity contribution in [2.45, 2.75) is 58.2 Å². The molecular formula is C24H39N5O4S2. The van der Waals surface area contributed by atoms with Crippen LogP contribution in [-0.4, -0.2) is 67.1 Å². The first-order chi connectivity index (χ1) is 15.9. The smallest absolute Gasteiger partial charge is 0.249 e. The number of amidine groups is 1. The van der Waals surface area contributed by atoms with Crippen LogP contribution in [0.15, 0.2) is 35.4 Å². The summed E-state index contributed by atoms with van der Waals surface area (Å²) in [6.45, 7) is 11.0. The van der Waals surface area contributed by atoms with Crippen molar-refractivity contribution in [1.29, 1.82) is 0 Å². The molecule has 1 heterocycles. The molecule has 2 atom stereocenters. The van der Waals surface area contributed by atoms with Crippen LogP contribution in [0.25, 0.3) is 0 Å². The highest BCUT2D eigenvalue weighted by Gasteiger charge is 2.58. The number of hydrazone groups is 1. The van der Waals surface area contributed by atoms with Crippen molar-refractivity contribution in [3.8, 4) is 0 Å². The van der Waals surface area contributed by atoms with E-state index in [-0.39, 0.29) is 16.8 Å². The Morgan fingerprint density at radius 3 is 2.17 bits per heavy atom. The molecule has 0 aliphatic carbocycles. The average molecular weight is 526 g/mol. The van der Waals surface area contributed by atoms with E-state index in [9.17, 15) is 18.0 Å². The third kappa shape index (κ3) is 6.63. The molecule has 0 bridgehead atoms. The fourth-order valence-corrected chi connectivity index (χ4v) is 6.61. The zero-order valence-corrected chi connectivity index (χ0v) is 23.6. The zero-order chi connectivity index (χ0) is 26.8. The van der Waals surface area contributed by atoms with E-state index in [1.165, 1.54) is 5.01 Å². The molecule has 0 saturated heterocycles. The van der Waals surface area contributed by atoms with E-state index >= 15 is 0 Å². The molecule has 3 N–H and O–H groups in total. The number of nitrogens with two attached hydrogens (primary N) is 1. The van der Waals surface area contributed by atoms with Crippen molar-refractivity contribution in [3.05, 3.63) is 35.9 Å². The van der Waals surface area contributed by atoms with Crippen LogP contribution in [0.1, 0.15) is 53.5 Å². The number of nitrogens with one attached hydrogen (secondary N) is 1. The molecule has 2 amide bonds. The van der Waals surface area contributed by atoms with Gasteiger partial charge in [0.1, 0.15) is 5.37 Å². The molecule has 1 aromatic rings. The number of hydrogen-bond acceptors (Lipinski definition) is 8. The number of carbonyl (C=O) groups is 2. The predicted octanol–water partition coefficient (Wildman–Crippen LogP) is 2.55. The van der Waals surface area contributed by atoms with Gasteiger partial charge in [-0.15, -0.1) is 5.10 Å². The first-order valence-corrected chi connectivity index (χ1v) is 14.1. The van der Waals surface area contributed by atoms with Crippen LogP contribution < -0.4 is 11.1 Å². The summed E-state index contributed by atoms with van der Waals surface area (Å²) < 4.78 is 27.1. The van der Waals surface area contributed by atoms with Crippen molar-refractivity contribution < 1.29 is 18.0 Å². The van der Waals surface area contributed by atoms with Gasteiger partial charge in [-0.3, -0.25) is 9.59 Å². The summed E-state index contributed by atoms with van der Waals surface area (Å²) in [6.07, 6.45) is 0.389. The molecule has 2 unspecified atom stereocenters. The van der Waals surface area contributed by atoms with Gasteiger partial charge in [-0.25, -0.2) is 13.4 Å². The zero-order valence-electron chi connectivity index (χ0n) is 22.0. The van der Waals surface area contributed by atoms with E-state index in [2.05, 4.69) is 10.4 Å². The lowest BCUT2D eigenvalue weighted by Gasteiger charge is -2.41. The number of benzene rings is 1. The monoisotopic (exact) mass is 525 g/mol. The molecule has 0 saturated carbocycles. The Kier molecular flexibility index (Phi) is 8.85. The van der Waals surface area contributed by atoms with Gasteiger partial charge in [0.05, 0.1) is 5.75 Å². The Morgan fingerprint density at radius 1 is 1.11 bits per heavy atom. The van der Waals surface area contributed by atoms with Gasteiger partial charge in [0.25, 0.3) is 0 Å². The Morgan fingerprint density at radius 2 is 1.69 bits per heavy atom. The molecule has 0 aromatic heterocycles. The van der Waals surface area contributed by atoms with Gasteiger partial charge in [-0.05, 0) is 44.4 Å². The van der Waals surface area contributed by atoms with Crippen LogP contribution >= 0.6 is 11.8 Å². The molecule has 1 aliphatic rings. The minimum absolute atomic E-state index is 0.130. The maximum atomic E-state index is 13.7. The third-order valence-electron chi connectivity index (χ3n) is 5.49. The van der Waals surface area contributed by atoms with Gasteiger partial charge in [-0.1, -0.05) is 71.9 Å². The number of hydrogen-bond donors (Lipinski definition) is 2. The summed E-state index contributed by atoms with van der Waals surface area (Å²) in [6, 6.07) is 8.78. The molecule has 196 valence electrons. The van der Waals surface area contributed by atoms with Crippen LogP contribution in [0.3, 0.4) is 0 Å². The van der Waals surface area contributed by atoms with E-state index in [1.807, 2.05) is 19.0 Å². The molecule has 0 radical (unpaired) electrons. The van der Waals surface area contributed by atoms with Crippen LogP contribution in [0.4, 0.5) is 0 Å². The molecule has 0 spiro atoms. The number of amides is 2. The van der Waals surface area contributed by atoms with Crippen LogP contribution in [0, 0.1) is 10.8 Å². The molecule has 1 aliphatic heterocycles. The van der Waals surface area contributed by atoms with Gasteiger partial charge in [0.2, 0.25) is 11.8 Å². The fraction of sp³-hybridized carbons (Fsp3) is 0.625. The second-order valence-corrected chi connectivity index (χ2v) is 14.5. The summed E-state index contributed by atoms with van der Waals surface area (Å²) >= 11 is 0.991. The van der Waals surface area contributed by atoms with Gasteiger partial charge < -0.3 is 16.0 Å². The molecule has 1 aromatic carbocycles. The predicted molar refractivity (Wildman–Crippen MR) is 142 cm³/mol. The number of rotatable bonds is 7. The van der Waals surface area contributed by atoms with Crippen molar-refractivity contribution >= 4 is 38.6 Å². The Balaban J connectivity index is 2.66. The number of sulfone groups is 1. The van der Waals surface area contributed by atoms with Crippen molar-refractivity contribution in [2.24, 2.45) is 21.7 Å². The summed E-state index contributed by atoms with van der Waals surface area (Å²) in [5.74, 6) is -0.867. The summed E-state index contributed by atoms with van der Waals surface area (Å²) in [4.78, 5) is 26.7. The lowest BCUT2D eigenvalue weighted by molar-refractivity contribution is -0.143. The minimum atomic E-state index is -3.89. The fourth-order valence-electron chi connectivity index (χ4n) is 3.38. The topological polar surface area (TPSA) is 125 Å². The highest BCUT2D eigenvalue weighted by molar-refractivity contribution is 8.15. The molecule has 0 fully saturated rings. The maximum Gasteiger partial charge on any atom is 0.249 e. The van der Waals surface area contributed by atoms with E-state index in [1.54, 1.807) is 71.9 Å². The van der Waals surface area contributed by atoms with Gasteiger partial charge in [0, 0.05) is 10.8 Å². The molecular weight excluding hydrogens is 486 g/mol. The normalized spacial score (nSPS) is 20.1. The van der Waals surface area contributed by atoms with E-state index in [0.717, 1.165) is 11.8 Å². The summed E-state index contributed by atoms with van der Waals surface area (Å²) in [7, 11) is -0.153. The quantitative estimate of drug-likeness (QED) is 0.560. The second kappa shape index (κ2) is 10.6. The molecule has 11 heteroatoms. The Hall–Kier alpha value is -1.95. The summed E-state index contributed by atoms with van der Waals surface area (Å²) in [5.41, 5.74) is 5.49. The van der Waals surface area contributed by atoms with Crippen molar-refractivity contribution in [2.75, 3.05) is 26.4 Å². The van der Waals surface area contributed by atoms with Crippen LogP contribution in [0.5, 0.6) is 0 Å². The van der Waals surface area contributed by atoms with E-state index < -0.39 is 36.8 Å². The van der Waals surface area contributed by atoms with E-state index in [4.69, 9.17) is 5.73 Å². The number of thioether (sulfide) groups is 1. The average Bonchev–Trinajstić information content (AvgIpc) is 3.11. The highest BCUT2D eigenvalue weighted by atomic mass is 32.2. The maximum absolute atomic E-state index is 13.7. The largest absolute Gasteiger partial charge is 0.312 e. The SMILES string of the molecule is CN(C)CCCS(=O)(=O)C(N)C1(c2ccccc2)SC(NC(=O)C(C)(C)C)=NN1C(=O)C(C)(C)C. The first kappa shape index (κ1) is 29.3. The van der Waals surface area contributed by atoms with Gasteiger partial charge >= 0.3 is 0 Å². The molecule has 2 rings (SSSR count). The molecule has 35 heavy (non-hydrogen) atoms. The van der Waals surface area contributed by atoms with Crippen LogP contribution in [0.2, 0.25) is 0 Å². The lowest BCUT2D eigenvalue weighted by Crippen LogP contribution is -2.59. The highest BCUT2D eigenvalue weighted by Crippen LogP contribution is 2.50.